The van der Waals surface area contributed by atoms with Gasteiger partial charge >= 0.3 is 6.16 Å². The number of methoxy groups -OCH3 is 1. The van der Waals surface area contributed by atoms with Crippen LogP contribution in [0, 0.1) is 0 Å². The molecule has 1 aromatic carbocycles. The number of nitrogens with one attached hydrogen (secondary N) is 1. The van der Waals surface area contributed by atoms with Crippen LogP contribution >= 0.6 is 0 Å². The van der Waals surface area contributed by atoms with E-state index in [2.05, 4.69) is 42.3 Å². The lowest BCUT2D eigenvalue weighted by Crippen LogP contribution is -2.38. The van der Waals surface area contributed by atoms with Crippen molar-refractivity contribution in [3.63, 3.8) is 0 Å². The molecule has 5 nitrogen and oxygen atoms in total. The number of fused-ring (bicyclic) bond motifs is 1. The van der Waals surface area contributed by atoms with Gasteiger partial charge in [0.25, 0.3) is 0 Å². The summed E-state index contributed by atoms with van der Waals surface area (Å²) in [6.07, 6.45) is 2.18. The molecule has 0 unspecified atom stereocenters. The van der Waals surface area contributed by atoms with Crippen LogP contribution in [-0.4, -0.2) is 41.8 Å². The van der Waals surface area contributed by atoms with Gasteiger partial charge in [-0.15, -0.1) is 0 Å². The number of carbonyl (C=O) groups is 1. The zero-order chi connectivity index (χ0) is 17.0. The van der Waals surface area contributed by atoms with E-state index in [4.69, 9.17) is 4.74 Å². The Morgan fingerprint density at radius 1 is 1.22 bits per heavy atom. The normalized spacial score (nSPS) is 11.7. The molecule has 0 aliphatic rings. The number of rotatable bonds is 6. The second-order valence-corrected chi connectivity index (χ2v) is 6.22. The molecule has 0 spiro atoms. The molecule has 0 atom stereocenters. The Morgan fingerprint density at radius 3 is 2.52 bits per heavy atom. The summed E-state index contributed by atoms with van der Waals surface area (Å²) < 4.78 is 9.88. The third-order valence-corrected chi connectivity index (χ3v) is 4.08. The van der Waals surface area contributed by atoms with Crippen molar-refractivity contribution in [2.24, 2.45) is 0 Å². The molecule has 1 heterocycles. The Morgan fingerprint density at radius 2 is 1.91 bits per heavy atom. The molecule has 0 saturated carbocycles. The van der Waals surface area contributed by atoms with E-state index in [0.29, 0.717) is 17.8 Å². The van der Waals surface area contributed by atoms with Crippen molar-refractivity contribution >= 4 is 17.1 Å². The molecule has 0 bridgehead atoms. The summed E-state index contributed by atoms with van der Waals surface area (Å²) in [4.78, 5) is 17.1. The molecule has 23 heavy (non-hydrogen) atoms. The van der Waals surface area contributed by atoms with Crippen LogP contribution in [0.5, 0.6) is 5.75 Å². The predicted octanol–water partition coefficient (Wildman–Crippen LogP) is 3.97. The predicted molar refractivity (Wildman–Crippen MR) is 92.0 cm³/mol. The topological polar surface area (TPSA) is 54.6 Å². The number of aromatic amines is 1. The van der Waals surface area contributed by atoms with Gasteiger partial charge in [-0.1, -0.05) is 6.07 Å². The molecule has 1 N–H and O–H groups in total. The second kappa shape index (κ2) is 7.51. The highest BCUT2D eigenvalue weighted by molar-refractivity contribution is 5.90. The van der Waals surface area contributed by atoms with Gasteiger partial charge in [0.2, 0.25) is 0 Å². The van der Waals surface area contributed by atoms with Gasteiger partial charge < -0.3 is 14.5 Å². The lowest BCUT2D eigenvalue weighted by molar-refractivity contribution is 0.122. The first-order chi connectivity index (χ1) is 10.9. The average Bonchev–Trinajstić information content (AvgIpc) is 2.91. The molecule has 0 saturated heterocycles. The number of hydrogen-bond donors (Lipinski definition) is 1. The summed E-state index contributed by atoms with van der Waals surface area (Å²) in [5, 5.41) is 0.949. The number of ether oxygens (including phenoxy) is 2. The van der Waals surface area contributed by atoms with Crippen LogP contribution in [0.3, 0.4) is 0 Å². The Bertz CT molecular complexity index is 653. The van der Waals surface area contributed by atoms with Crippen LogP contribution in [-0.2, 0) is 11.2 Å². The van der Waals surface area contributed by atoms with Gasteiger partial charge in [0, 0.05) is 35.7 Å². The summed E-state index contributed by atoms with van der Waals surface area (Å²) in [5.74, 6) is 0.534. The first-order valence-corrected chi connectivity index (χ1v) is 8.04. The van der Waals surface area contributed by atoms with Gasteiger partial charge in [-0.05, 0) is 51.8 Å². The van der Waals surface area contributed by atoms with Crippen molar-refractivity contribution in [2.75, 3.05) is 13.7 Å². The highest BCUT2D eigenvalue weighted by Gasteiger charge is 2.16. The van der Waals surface area contributed by atoms with Gasteiger partial charge in [0.1, 0.15) is 5.75 Å². The summed E-state index contributed by atoms with van der Waals surface area (Å²) in [7, 11) is 1.31. The summed E-state index contributed by atoms with van der Waals surface area (Å²) >= 11 is 0. The van der Waals surface area contributed by atoms with E-state index in [0.717, 1.165) is 29.4 Å². The Hall–Kier alpha value is -2.01. The SMILES string of the molecule is COC(=O)Oc1cccc2[nH]cc(CCN(C(C)C)C(C)C)c12. The number of H-pyrrole nitrogens is 1. The van der Waals surface area contributed by atoms with Gasteiger partial charge in [0.05, 0.1) is 7.11 Å². The number of benzene rings is 1. The Labute approximate surface area is 137 Å². The Kier molecular flexibility index (Phi) is 5.66. The standard InChI is InChI=1S/C18H26N2O3/c1-12(2)20(13(3)4)10-9-14-11-19-15-7-6-8-16(17(14)15)23-18(21)22-5/h6-8,11-13,19H,9-10H2,1-5H3. The van der Waals surface area contributed by atoms with Crippen LogP contribution < -0.4 is 4.74 Å². The van der Waals surface area contributed by atoms with Crippen LogP contribution in [0.15, 0.2) is 24.4 Å². The van der Waals surface area contributed by atoms with Crippen molar-refractivity contribution < 1.29 is 14.3 Å². The lowest BCUT2D eigenvalue weighted by Gasteiger charge is -2.30. The smallest absolute Gasteiger partial charge is 0.437 e. The fourth-order valence-electron chi connectivity index (χ4n) is 3.00. The van der Waals surface area contributed by atoms with Crippen molar-refractivity contribution in [3.05, 3.63) is 30.0 Å². The highest BCUT2D eigenvalue weighted by atomic mass is 16.7. The maximum Gasteiger partial charge on any atom is 0.513 e. The van der Waals surface area contributed by atoms with Gasteiger partial charge in [0.15, 0.2) is 0 Å². The van der Waals surface area contributed by atoms with Crippen LogP contribution in [0.4, 0.5) is 4.79 Å². The van der Waals surface area contributed by atoms with Gasteiger partial charge in [-0.25, -0.2) is 4.79 Å². The zero-order valence-corrected chi connectivity index (χ0v) is 14.6. The third-order valence-electron chi connectivity index (χ3n) is 4.08. The van der Waals surface area contributed by atoms with E-state index in [1.165, 1.54) is 7.11 Å². The van der Waals surface area contributed by atoms with Crippen molar-refractivity contribution in [1.82, 2.24) is 9.88 Å². The summed E-state index contributed by atoms with van der Waals surface area (Å²) in [6.45, 7) is 9.79. The molecule has 0 aliphatic heterocycles. The molecule has 2 aromatic rings. The zero-order valence-electron chi connectivity index (χ0n) is 14.6. The monoisotopic (exact) mass is 318 g/mol. The Balaban J connectivity index is 2.25. The quantitative estimate of drug-likeness (QED) is 0.646. The third kappa shape index (κ3) is 4.05. The number of aromatic nitrogens is 1. The number of carbonyl (C=O) groups excluding carboxylic acids is 1. The summed E-state index contributed by atoms with van der Waals surface area (Å²) in [5.41, 5.74) is 2.10. The average molecular weight is 318 g/mol. The molecule has 0 radical (unpaired) electrons. The van der Waals surface area contributed by atoms with Crippen molar-refractivity contribution in [1.29, 1.82) is 0 Å². The maximum atomic E-state index is 11.4. The second-order valence-electron chi connectivity index (χ2n) is 6.22. The lowest BCUT2D eigenvalue weighted by atomic mass is 10.1. The minimum absolute atomic E-state index is 0.492. The van der Waals surface area contributed by atoms with Crippen molar-refractivity contribution in [2.45, 2.75) is 46.2 Å². The fourth-order valence-corrected chi connectivity index (χ4v) is 3.00. The maximum absolute atomic E-state index is 11.4. The molecule has 0 fully saturated rings. The molecule has 0 amide bonds. The van der Waals surface area contributed by atoms with Crippen LogP contribution in [0.2, 0.25) is 0 Å². The fraction of sp³-hybridized carbons (Fsp3) is 0.500. The molecular formula is C18H26N2O3. The molecule has 1 aromatic heterocycles. The largest absolute Gasteiger partial charge is 0.513 e. The first-order valence-electron chi connectivity index (χ1n) is 8.04. The molecule has 2 rings (SSSR count). The van der Waals surface area contributed by atoms with Crippen molar-refractivity contribution in [3.8, 4) is 5.75 Å². The van der Waals surface area contributed by atoms with Crippen LogP contribution in [0.1, 0.15) is 33.3 Å². The molecule has 0 aliphatic carbocycles. The molecular weight excluding hydrogens is 292 g/mol. The minimum Gasteiger partial charge on any atom is -0.437 e. The van der Waals surface area contributed by atoms with E-state index in [1.54, 1.807) is 6.07 Å². The van der Waals surface area contributed by atoms with E-state index in [9.17, 15) is 4.79 Å². The minimum atomic E-state index is -0.698. The number of nitrogens with zero attached hydrogens (tertiary/aromatic N) is 1. The highest BCUT2D eigenvalue weighted by Crippen LogP contribution is 2.29. The molecule has 5 heteroatoms. The van der Waals surface area contributed by atoms with E-state index >= 15 is 0 Å². The number of hydrogen-bond acceptors (Lipinski definition) is 4. The van der Waals surface area contributed by atoms with Gasteiger partial charge in [-0.3, -0.25) is 4.90 Å². The van der Waals surface area contributed by atoms with E-state index in [-0.39, 0.29) is 0 Å². The van der Waals surface area contributed by atoms with E-state index < -0.39 is 6.16 Å². The van der Waals surface area contributed by atoms with E-state index in [1.807, 2.05) is 18.3 Å². The first kappa shape index (κ1) is 17.3. The summed E-state index contributed by atoms with van der Waals surface area (Å²) in [6, 6.07) is 6.61. The van der Waals surface area contributed by atoms with Gasteiger partial charge in [-0.2, -0.15) is 0 Å². The molecule has 126 valence electrons. The van der Waals surface area contributed by atoms with Crippen LogP contribution in [0.25, 0.3) is 10.9 Å².